The van der Waals surface area contributed by atoms with E-state index in [-0.39, 0.29) is 12.3 Å². The Morgan fingerprint density at radius 3 is 2.61 bits per heavy atom. The van der Waals surface area contributed by atoms with E-state index in [0.717, 1.165) is 41.0 Å². The van der Waals surface area contributed by atoms with Crippen LogP contribution < -0.4 is 10.6 Å². The van der Waals surface area contributed by atoms with E-state index in [9.17, 15) is 14.4 Å². The molecule has 2 N–H and O–H groups in total. The zero-order valence-electron chi connectivity index (χ0n) is 15.8. The highest BCUT2D eigenvalue weighted by atomic mass is 32.2. The summed E-state index contributed by atoms with van der Waals surface area (Å²) in [5.74, 6) is 0.268. The van der Waals surface area contributed by atoms with Crippen molar-refractivity contribution in [2.75, 3.05) is 18.2 Å². The molecule has 0 bridgehead atoms. The third-order valence-electron chi connectivity index (χ3n) is 4.40. The number of carbonyl (C=O) groups excluding carboxylic acids is 3. The fourth-order valence-corrected chi connectivity index (χ4v) is 5.13. The number of anilines is 1. The van der Waals surface area contributed by atoms with Crippen LogP contribution in [0.4, 0.5) is 9.80 Å². The molecule has 0 atom stereocenters. The van der Waals surface area contributed by atoms with Crippen LogP contribution in [0, 0.1) is 0 Å². The van der Waals surface area contributed by atoms with Gasteiger partial charge >= 0.3 is 6.09 Å². The fraction of sp³-hybridized carbons (Fsp3) is 0.350. The Morgan fingerprint density at radius 1 is 1.18 bits per heavy atom. The van der Waals surface area contributed by atoms with Crippen LogP contribution in [-0.4, -0.2) is 30.8 Å². The van der Waals surface area contributed by atoms with Gasteiger partial charge in [-0.3, -0.25) is 14.9 Å². The summed E-state index contributed by atoms with van der Waals surface area (Å²) >= 11 is 3.16. The number of imide groups is 1. The number of thioether (sulfide) groups is 1. The van der Waals surface area contributed by atoms with Crippen LogP contribution >= 0.6 is 23.1 Å². The summed E-state index contributed by atoms with van der Waals surface area (Å²) in [4.78, 5) is 38.8. The van der Waals surface area contributed by atoms with E-state index >= 15 is 0 Å². The van der Waals surface area contributed by atoms with Gasteiger partial charge in [0.05, 0.1) is 19.1 Å². The Bertz CT molecular complexity index is 890. The van der Waals surface area contributed by atoms with Crippen LogP contribution in [-0.2, 0) is 28.8 Å². The topological polar surface area (TPSA) is 84.5 Å². The van der Waals surface area contributed by atoms with Crippen LogP contribution in [0.5, 0.6) is 0 Å². The molecule has 0 spiro atoms. The minimum atomic E-state index is -0.815. The Hall–Kier alpha value is -2.32. The second kappa shape index (κ2) is 9.25. The lowest BCUT2D eigenvalue weighted by Gasteiger charge is -2.09. The monoisotopic (exact) mass is 418 g/mol. The molecule has 0 fully saturated rings. The molecule has 0 radical (unpaired) electrons. The van der Waals surface area contributed by atoms with Crippen molar-refractivity contribution in [1.82, 2.24) is 5.32 Å². The Morgan fingerprint density at radius 2 is 1.93 bits per heavy atom. The van der Waals surface area contributed by atoms with Crippen molar-refractivity contribution in [3.05, 3.63) is 45.8 Å². The fourth-order valence-electron chi connectivity index (χ4n) is 3.17. The minimum absolute atomic E-state index is 0.192. The molecule has 3 amide bonds. The molecular weight excluding hydrogens is 396 g/mol. The van der Waals surface area contributed by atoms with E-state index in [1.54, 1.807) is 11.8 Å². The largest absolute Gasteiger partial charge is 0.453 e. The molecule has 0 aliphatic heterocycles. The number of hydrogen-bond acceptors (Lipinski definition) is 6. The molecule has 8 heteroatoms. The normalized spacial score (nSPS) is 12.4. The van der Waals surface area contributed by atoms with E-state index in [1.807, 2.05) is 24.3 Å². The average Bonchev–Trinajstić information content (AvgIpc) is 3.23. The van der Waals surface area contributed by atoms with Crippen molar-refractivity contribution >= 4 is 46.0 Å². The van der Waals surface area contributed by atoms with Gasteiger partial charge in [-0.1, -0.05) is 19.1 Å². The number of rotatable bonds is 6. The van der Waals surface area contributed by atoms with Gasteiger partial charge in [-0.05, 0) is 48.3 Å². The van der Waals surface area contributed by atoms with Crippen molar-refractivity contribution in [3.63, 3.8) is 0 Å². The number of aryl methyl sites for hydroxylation is 1. The molecule has 6 nitrogen and oxygen atoms in total. The first-order valence-electron chi connectivity index (χ1n) is 9.07. The van der Waals surface area contributed by atoms with Gasteiger partial charge in [-0.25, -0.2) is 4.79 Å². The maximum atomic E-state index is 12.5. The van der Waals surface area contributed by atoms with Gasteiger partial charge in [0.1, 0.15) is 5.00 Å². The van der Waals surface area contributed by atoms with E-state index < -0.39 is 12.0 Å². The first kappa shape index (κ1) is 20.4. The molecule has 2 aromatic rings. The zero-order chi connectivity index (χ0) is 20.1. The minimum Gasteiger partial charge on any atom is -0.453 e. The summed E-state index contributed by atoms with van der Waals surface area (Å²) in [5.41, 5.74) is 2.20. The van der Waals surface area contributed by atoms with Crippen LogP contribution in [0.3, 0.4) is 0 Å². The summed E-state index contributed by atoms with van der Waals surface area (Å²) in [6, 6.07) is 7.89. The highest BCUT2D eigenvalue weighted by Crippen LogP contribution is 2.39. The van der Waals surface area contributed by atoms with Gasteiger partial charge in [-0.15, -0.1) is 23.1 Å². The Kier molecular flexibility index (Phi) is 6.74. The molecule has 1 heterocycles. The van der Waals surface area contributed by atoms with Gasteiger partial charge < -0.3 is 10.1 Å². The van der Waals surface area contributed by atoms with Crippen LogP contribution in [0.1, 0.15) is 39.7 Å². The standard InChI is InChI=1S/C20H22N2O4S2/c1-3-27-13-9-7-12(8-10-13)11-16(23)21-19-17(18(24)22-20(25)26-2)14-5-4-6-15(14)28-19/h7-10H,3-6,11H2,1-2H3,(H,21,23)(H,22,24,25). The number of hydrogen-bond donors (Lipinski definition) is 2. The molecule has 148 valence electrons. The molecule has 1 aromatic carbocycles. The van der Waals surface area contributed by atoms with Crippen molar-refractivity contribution in [2.45, 2.75) is 37.5 Å². The molecule has 0 saturated carbocycles. The van der Waals surface area contributed by atoms with E-state index in [1.165, 1.54) is 23.3 Å². The summed E-state index contributed by atoms with van der Waals surface area (Å²) in [6.07, 6.45) is 2.02. The molecule has 1 aliphatic rings. The number of fused-ring (bicyclic) bond motifs is 1. The van der Waals surface area contributed by atoms with Gasteiger partial charge in [0.15, 0.2) is 0 Å². The van der Waals surface area contributed by atoms with Gasteiger partial charge in [0, 0.05) is 9.77 Å². The molecule has 28 heavy (non-hydrogen) atoms. The smallest absolute Gasteiger partial charge is 0.413 e. The van der Waals surface area contributed by atoms with Crippen LogP contribution in [0.15, 0.2) is 29.2 Å². The second-order valence-corrected chi connectivity index (χ2v) is 8.75. The molecular formula is C20H22N2O4S2. The first-order chi connectivity index (χ1) is 13.5. The third kappa shape index (κ3) is 4.74. The summed E-state index contributed by atoms with van der Waals surface area (Å²) in [5, 5.41) is 5.55. The molecule has 0 unspecified atom stereocenters. The van der Waals surface area contributed by atoms with E-state index in [0.29, 0.717) is 10.6 Å². The molecule has 1 aromatic heterocycles. The van der Waals surface area contributed by atoms with Crippen molar-refractivity contribution in [2.24, 2.45) is 0 Å². The first-order valence-corrected chi connectivity index (χ1v) is 10.9. The lowest BCUT2D eigenvalue weighted by molar-refractivity contribution is -0.115. The predicted molar refractivity (Wildman–Crippen MR) is 111 cm³/mol. The third-order valence-corrected chi connectivity index (χ3v) is 6.50. The number of benzene rings is 1. The van der Waals surface area contributed by atoms with Crippen LogP contribution in [0.25, 0.3) is 0 Å². The number of nitrogens with one attached hydrogen (secondary N) is 2. The van der Waals surface area contributed by atoms with Crippen LogP contribution in [0.2, 0.25) is 0 Å². The maximum Gasteiger partial charge on any atom is 0.413 e. The van der Waals surface area contributed by atoms with Crippen molar-refractivity contribution in [3.8, 4) is 0 Å². The molecule has 3 rings (SSSR count). The van der Waals surface area contributed by atoms with Crippen molar-refractivity contribution in [1.29, 1.82) is 0 Å². The predicted octanol–water partition coefficient (Wildman–Crippen LogP) is 4.03. The zero-order valence-corrected chi connectivity index (χ0v) is 17.4. The second-order valence-electron chi connectivity index (χ2n) is 6.31. The van der Waals surface area contributed by atoms with E-state index in [2.05, 4.69) is 22.3 Å². The van der Waals surface area contributed by atoms with Gasteiger partial charge in [-0.2, -0.15) is 0 Å². The quantitative estimate of drug-likeness (QED) is 0.692. The SMILES string of the molecule is CCSc1ccc(CC(=O)Nc2sc3c(c2C(=O)NC(=O)OC)CCC3)cc1. The van der Waals surface area contributed by atoms with E-state index in [4.69, 9.17) is 0 Å². The summed E-state index contributed by atoms with van der Waals surface area (Å²) < 4.78 is 4.51. The average molecular weight is 419 g/mol. The number of alkyl carbamates (subject to hydrolysis) is 1. The number of thiophene rings is 1. The number of ether oxygens (including phenoxy) is 1. The number of amides is 3. The lowest BCUT2D eigenvalue weighted by Crippen LogP contribution is -2.31. The lowest BCUT2D eigenvalue weighted by atomic mass is 10.1. The molecule has 1 aliphatic carbocycles. The Balaban J connectivity index is 1.73. The Labute approximate surface area is 172 Å². The van der Waals surface area contributed by atoms with Gasteiger partial charge in [0.25, 0.3) is 5.91 Å². The highest BCUT2D eigenvalue weighted by Gasteiger charge is 2.28. The molecule has 0 saturated heterocycles. The number of methoxy groups -OCH3 is 1. The van der Waals surface area contributed by atoms with Gasteiger partial charge in [0.2, 0.25) is 5.91 Å². The number of carbonyl (C=O) groups is 3. The van der Waals surface area contributed by atoms with Crippen molar-refractivity contribution < 1.29 is 19.1 Å². The highest BCUT2D eigenvalue weighted by molar-refractivity contribution is 7.99. The maximum absolute atomic E-state index is 12.5. The summed E-state index contributed by atoms with van der Waals surface area (Å²) in [6.45, 7) is 2.10. The summed E-state index contributed by atoms with van der Waals surface area (Å²) in [7, 11) is 1.20.